The number of hydrogen-bond acceptors (Lipinski definition) is 5. The molecule has 2 aliphatic heterocycles. The first-order valence-electron chi connectivity index (χ1n) is 12.7. The summed E-state index contributed by atoms with van der Waals surface area (Å²) in [6.07, 6.45) is -4.98. The summed E-state index contributed by atoms with van der Waals surface area (Å²) in [5.74, 6) is -4.15. The zero-order chi connectivity index (χ0) is 29.5. The van der Waals surface area contributed by atoms with E-state index in [1.54, 1.807) is 29.6 Å². The average Bonchev–Trinajstić information content (AvgIpc) is 3.36. The van der Waals surface area contributed by atoms with E-state index in [-0.39, 0.29) is 31.2 Å². The minimum Gasteiger partial charge on any atom is -0.336 e. The Morgan fingerprint density at radius 1 is 1.23 bits per heavy atom. The van der Waals surface area contributed by atoms with E-state index in [2.05, 4.69) is 11.4 Å². The van der Waals surface area contributed by atoms with Crippen LogP contribution in [-0.2, 0) is 24.6 Å². The SMILES string of the molecule is CC(C)C[C@@H](C(=O)N1C[C@]2(C[C@H]1C#N)C(=O)Nc1ccccc12)N(C)C(=O)[C@@H](NC(=O)C(F)(F)F)C(C)(C)C. The molecule has 1 aromatic rings. The number of anilines is 1. The molecule has 4 atom stereocenters. The van der Waals surface area contributed by atoms with Crippen LogP contribution in [0.5, 0.6) is 0 Å². The largest absolute Gasteiger partial charge is 0.471 e. The molecule has 2 N–H and O–H groups in total. The maximum Gasteiger partial charge on any atom is 0.471 e. The summed E-state index contributed by atoms with van der Waals surface area (Å²) in [7, 11) is 1.30. The van der Waals surface area contributed by atoms with E-state index in [0.717, 1.165) is 4.90 Å². The first kappa shape index (κ1) is 29.9. The number of nitriles is 1. The Morgan fingerprint density at radius 2 is 1.85 bits per heavy atom. The highest BCUT2D eigenvalue weighted by Gasteiger charge is 2.57. The lowest BCUT2D eigenvalue weighted by molar-refractivity contribution is -0.176. The lowest BCUT2D eigenvalue weighted by Crippen LogP contribution is -2.60. The summed E-state index contributed by atoms with van der Waals surface area (Å²) in [4.78, 5) is 54.7. The number of likely N-dealkylation sites (tertiary alicyclic amines) is 1. The third kappa shape index (κ3) is 5.72. The van der Waals surface area contributed by atoms with Crippen LogP contribution >= 0.6 is 0 Å². The van der Waals surface area contributed by atoms with Gasteiger partial charge in [0.05, 0.1) is 11.5 Å². The molecule has 0 bridgehead atoms. The fourth-order valence-corrected chi connectivity index (χ4v) is 5.27. The van der Waals surface area contributed by atoms with Gasteiger partial charge in [0.15, 0.2) is 0 Å². The molecule has 212 valence electrons. The van der Waals surface area contributed by atoms with Crippen LogP contribution in [-0.4, -0.2) is 71.3 Å². The molecule has 0 unspecified atom stereocenters. The molecule has 4 amide bonds. The highest BCUT2D eigenvalue weighted by molar-refractivity contribution is 6.07. The fourth-order valence-electron chi connectivity index (χ4n) is 5.27. The predicted octanol–water partition coefficient (Wildman–Crippen LogP) is 2.97. The van der Waals surface area contributed by atoms with E-state index in [0.29, 0.717) is 11.3 Å². The van der Waals surface area contributed by atoms with Crippen molar-refractivity contribution in [1.82, 2.24) is 15.1 Å². The molecule has 0 aromatic heterocycles. The van der Waals surface area contributed by atoms with Crippen molar-refractivity contribution in [2.75, 3.05) is 18.9 Å². The van der Waals surface area contributed by atoms with Crippen molar-refractivity contribution in [3.05, 3.63) is 29.8 Å². The van der Waals surface area contributed by atoms with Crippen LogP contribution in [0.2, 0.25) is 0 Å². The molecule has 1 aromatic carbocycles. The number of rotatable bonds is 6. The molecule has 2 aliphatic rings. The Hall–Kier alpha value is -3.62. The van der Waals surface area contributed by atoms with Gasteiger partial charge >= 0.3 is 12.1 Å². The van der Waals surface area contributed by atoms with Gasteiger partial charge in [0.1, 0.15) is 18.1 Å². The number of halogens is 3. The van der Waals surface area contributed by atoms with E-state index in [1.807, 2.05) is 13.8 Å². The van der Waals surface area contributed by atoms with Gasteiger partial charge in [0.2, 0.25) is 17.7 Å². The molecular formula is C27H34F3N5O4. The zero-order valence-corrected chi connectivity index (χ0v) is 22.8. The van der Waals surface area contributed by atoms with Crippen molar-refractivity contribution in [3.8, 4) is 6.07 Å². The average molecular weight is 550 g/mol. The number of nitrogens with one attached hydrogen (secondary N) is 2. The first-order valence-corrected chi connectivity index (χ1v) is 12.7. The summed E-state index contributed by atoms with van der Waals surface area (Å²) in [6, 6.07) is 5.46. The number of fused-ring (bicyclic) bond motifs is 2. The quantitative estimate of drug-likeness (QED) is 0.565. The Morgan fingerprint density at radius 3 is 2.38 bits per heavy atom. The monoisotopic (exact) mass is 549 g/mol. The number of alkyl halides is 3. The van der Waals surface area contributed by atoms with Crippen molar-refractivity contribution < 1.29 is 32.3 Å². The highest BCUT2D eigenvalue weighted by Crippen LogP contribution is 2.46. The molecule has 12 heteroatoms. The normalized spacial score (nSPS) is 22.2. The molecule has 39 heavy (non-hydrogen) atoms. The number of amides is 4. The molecule has 0 aliphatic carbocycles. The van der Waals surface area contributed by atoms with Crippen molar-refractivity contribution in [2.24, 2.45) is 11.3 Å². The van der Waals surface area contributed by atoms with Gasteiger partial charge < -0.3 is 20.4 Å². The van der Waals surface area contributed by atoms with Crippen molar-refractivity contribution in [1.29, 1.82) is 5.26 Å². The maximum atomic E-state index is 14.0. The van der Waals surface area contributed by atoms with E-state index in [9.17, 15) is 37.6 Å². The molecule has 1 fully saturated rings. The van der Waals surface area contributed by atoms with E-state index >= 15 is 0 Å². The fraction of sp³-hybridized carbons (Fsp3) is 0.593. The summed E-state index contributed by atoms with van der Waals surface area (Å²) in [6.45, 7) is 8.07. The lowest BCUT2D eigenvalue weighted by atomic mass is 9.80. The molecule has 2 heterocycles. The van der Waals surface area contributed by atoms with Gasteiger partial charge in [-0.25, -0.2) is 0 Å². The standard InChI is InChI=1S/C27H34F3N5O4/c1-15(2)11-19(34(6)22(37)20(25(3,4)5)33-24(39)27(28,29)30)21(36)35-14-26(12-16(35)13-31)17-9-7-8-10-18(17)32-23(26)38/h7-10,15-16,19-20H,11-12,14H2,1-6H3,(H,32,38)(H,33,39)/t16-,19-,20+,26-/m0/s1. The third-order valence-corrected chi connectivity index (χ3v) is 7.36. The Bertz CT molecular complexity index is 1200. The Labute approximate surface area is 225 Å². The number of hydrogen-bond donors (Lipinski definition) is 2. The van der Waals surface area contributed by atoms with Gasteiger partial charge in [-0.2, -0.15) is 18.4 Å². The Balaban J connectivity index is 1.95. The van der Waals surface area contributed by atoms with Gasteiger partial charge in [0.25, 0.3) is 0 Å². The van der Waals surface area contributed by atoms with Crippen molar-refractivity contribution in [2.45, 2.75) is 77.2 Å². The second-order valence-electron chi connectivity index (χ2n) is 11.8. The van der Waals surface area contributed by atoms with Crippen LogP contribution in [0.3, 0.4) is 0 Å². The van der Waals surface area contributed by atoms with E-state index in [4.69, 9.17) is 0 Å². The third-order valence-electron chi connectivity index (χ3n) is 7.36. The molecule has 9 nitrogen and oxygen atoms in total. The summed E-state index contributed by atoms with van der Waals surface area (Å²) in [5.41, 5.74) is -0.964. The maximum absolute atomic E-state index is 14.0. The topological polar surface area (TPSA) is 123 Å². The second-order valence-corrected chi connectivity index (χ2v) is 11.8. The van der Waals surface area contributed by atoms with Crippen LogP contribution in [0.1, 0.15) is 53.0 Å². The number of nitrogens with zero attached hydrogens (tertiary/aromatic N) is 3. The lowest BCUT2D eigenvalue weighted by Gasteiger charge is -2.38. The number of carbonyl (C=O) groups excluding carboxylic acids is 4. The zero-order valence-electron chi connectivity index (χ0n) is 22.8. The molecule has 0 radical (unpaired) electrons. The first-order chi connectivity index (χ1) is 17.9. The van der Waals surface area contributed by atoms with E-state index < -0.39 is 52.9 Å². The smallest absolute Gasteiger partial charge is 0.336 e. The van der Waals surface area contributed by atoms with Crippen LogP contribution < -0.4 is 10.6 Å². The second kappa shape index (κ2) is 10.5. The number of para-hydroxylation sites is 1. The van der Waals surface area contributed by atoms with Gasteiger partial charge in [-0.05, 0) is 29.4 Å². The summed E-state index contributed by atoms with van der Waals surface area (Å²) in [5, 5.41) is 14.5. The summed E-state index contributed by atoms with van der Waals surface area (Å²) >= 11 is 0. The number of benzene rings is 1. The molecule has 1 saturated heterocycles. The molecular weight excluding hydrogens is 515 g/mol. The molecule has 3 rings (SSSR count). The van der Waals surface area contributed by atoms with Gasteiger partial charge in [0, 0.05) is 25.7 Å². The van der Waals surface area contributed by atoms with Gasteiger partial charge in [-0.3, -0.25) is 19.2 Å². The van der Waals surface area contributed by atoms with Crippen molar-refractivity contribution in [3.63, 3.8) is 0 Å². The Kier molecular flexibility index (Phi) is 8.06. The van der Waals surface area contributed by atoms with Crippen molar-refractivity contribution >= 4 is 29.3 Å². The van der Waals surface area contributed by atoms with Crippen LogP contribution in [0.15, 0.2) is 24.3 Å². The molecule has 1 spiro atoms. The summed E-state index contributed by atoms with van der Waals surface area (Å²) < 4.78 is 39.1. The minimum absolute atomic E-state index is 0.0659. The number of likely N-dealkylation sites (N-methyl/N-ethyl adjacent to an activating group) is 1. The van der Waals surface area contributed by atoms with Crippen LogP contribution in [0, 0.1) is 22.7 Å². The number of carbonyl (C=O) groups is 4. The minimum atomic E-state index is -5.20. The predicted molar refractivity (Wildman–Crippen MR) is 136 cm³/mol. The van der Waals surface area contributed by atoms with Gasteiger partial charge in [-0.1, -0.05) is 52.8 Å². The van der Waals surface area contributed by atoms with Crippen LogP contribution in [0.25, 0.3) is 0 Å². The van der Waals surface area contributed by atoms with Gasteiger partial charge in [-0.15, -0.1) is 0 Å². The van der Waals surface area contributed by atoms with E-state index in [1.165, 1.54) is 32.7 Å². The highest BCUT2D eigenvalue weighted by atomic mass is 19.4. The molecule has 0 saturated carbocycles. The van der Waals surface area contributed by atoms with Crippen LogP contribution in [0.4, 0.5) is 18.9 Å².